The van der Waals surface area contributed by atoms with E-state index in [-0.39, 0.29) is 6.61 Å². The maximum atomic E-state index is 9.24. The predicted octanol–water partition coefficient (Wildman–Crippen LogP) is 3.27. The first kappa shape index (κ1) is 12.9. The zero-order valence-electron chi connectivity index (χ0n) is 11.9. The molecule has 0 fully saturated rings. The number of ether oxygens (including phenoxy) is 1. The molecule has 0 bridgehead atoms. The highest BCUT2D eigenvalue weighted by Gasteiger charge is 2.18. The topological polar surface area (TPSA) is 46.8 Å². The Hall–Kier alpha value is -2.85. The van der Waals surface area contributed by atoms with Crippen LogP contribution in [0.1, 0.15) is 16.8 Å². The Morgan fingerprint density at radius 1 is 1.23 bits per heavy atom. The van der Waals surface area contributed by atoms with Crippen molar-refractivity contribution in [2.24, 2.45) is 0 Å². The van der Waals surface area contributed by atoms with E-state index in [9.17, 15) is 5.11 Å². The van der Waals surface area contributed by atoms with Gasteiger partial charge in [-0.05, 0) is 47.5 Å². The van der Waals surface area contributed by atoms with Gasteiger partial charge in [-0.2, -0.15) is 0 Å². The largest absolute Gasteiger partial charge is 0.454 e. The van der Waals surface area contributed by atoms with E-state index in [1.807, 2.05) is 53.1 Å². The molecule has 4 heteroatoms. The fourth-order valence-electron chi connectivity index (χ4n) is 2.60. The second-order valence-electron chi connectivity index (χ2n) is 5.24. The Kier molecular flexibility index (Phi) is 2.84. The van der Waals surface area contributed by atoms with Gasteiger partial charge in [0.25, 0.3) is 0 Å². The lowest BCUT2D eigenvalue weighted by Crippen LogP contribution is -2.05. The summed E-state index contributed by atoms with van der Waals surface area (Å²) < 4.78 is 7.91. The highest BCUT2D eigenvalue weighted by atomic mass is 16.5. The van der Waals surface area contributed by atoms with Crippen LogP contribution in [0.4, 0.5) is 0 Å². The van der Waals surface area contributed by atoms with Gasteiger partial charge in [-0.25, -0.2) is 4.98 Å². The summed E-state index contributed by atoms with van der Waals surface area (Å²) in [5, 5.41) is 9.24. The Morgan fingerprint density at radius 3 is 3.00 bits per heavy atom. The highest BCUT2D eigenvalue weighted by molar-refractivity contribution is 5.87. The molecular formula is C18H14N2O2. The van der Waals surface area contributed by atoms with E-state index >= 15 is 0 Å². The van der Waals surface area contributed by atoms with Crippen molar-refractivity contribution in [1.82, 2.24) is 9.38 Å². The van der Waals surface area contributed by atoms with E-state index in [2.05, 4.69) is 11.6 Å². The maximum Gasteiger partial charge on any atom is 0.153 e. The molecule has 2 aromatic heterocycles. The number of nitrogens with zero attached hydrogens (tertiary/aromatic N) is 2. The van der Waals surface area contributed by atoms with Crippen molar-refractivity contribution < 1.29 is 9.84 Å². The lowest BCUT2D eigenvalue weighted by atomic mass is 10.00. The highest BCUT2D eigenvalue weighted by Crippen LogP contribution is 2.36. The van der Waals surface area contributed by atoms with Gasteiger partial charge in [0.05, 0.1) is 12.9 Å². The number of hydrogen-bond acceptors (Lipinski definition) is 3. The second-order valence-corrected chi connectivity index (χ2v) is 5.24. The standard InChI is InChI=1S/C18H14N2O2/c1-12-7-18(16-9-14-3-2-6-20(14)11-19-16)22-17-5-4-13(10-21)8-15(12)17/h2-9,11,21H,1,10H2. The zero-order valence-corrected chi connectivity index (χ0v) is 11.9. The number of aliphatic hydroxyl groups is 1. The molecule has 1 N–H and O–H groups in total. The Bertz CT molecular complexity index is 922. The van der Waals surface area contributed by atoms with E-state index in [0.717, 1.165) is 33.7 Å². The lowest BCUT2D eigenvalue weighted by molar-refractivity contribution is 0.281. The average molecular weight is 290 g/mol. The zero-order chi connectivity index (χ0) is 15.1. The Labute approximate surface area is 127 Å². The summed E-state index contributed by atoms with van der Waals surface area (Å²) >= 11 is 0. The van der Waals surface area contributed by atoms with Crippen LogP contribution in [0.3, 0.4) is 0 Å². The van der Waals surface area contributed by atoms with Gasteiger partial charge in [0, 0.05) is 17.3 Å². The normalized spacial score (nSPS) is 13.7. The summed E-state index contributed by atoms with van der Waals surface area (Å²) in [6.07, 6.45) is 5.60. The van der Waals surface area contributed by atoms with E-state index in [1.165, 1.54) is 0 Å². The molecule has 1 aromatic carbocycles. The summed E-state index contributed by atoms with van der Waals surface area (Å²) in [6, 6.07) is 11.6. The van der Waals surface area contributed by atoms with Crippen molar-refractivity contribution in [3.63, 3.8) is 0 Å². The van der Waals surface area contributed by atoms with Crippen LogP contribution in [0.15, 0.2) is 61.6 Å². The third kappa shape index (κ3) is 2.01. The molecule has 0 saturated carbocycles. The van der Waals surface area contributed by atoms with Crippen molar-refractivity contribution >= 4 is 16.8 Å². The van der Waals surface area contributed by atoms with Gasteiger partial charge in [0.2, 0.25) is 0 Å². The summed E-state index contributed by atoms with van der Waals surface area (Å²) in [6.45, 7) is 4.09. The predicted molar refractivity (Wildman–Crippen MR) is 85.2 cm³/mol. The summed E-state index contributed by atoms with van der Waals surface area (Å²) in [5.74, 6) is 1.41. The molecule has 0 spiro atoms. The monoisotopic (exact) mass is 290 g/mol. The number of rotatable bonds is 2. The molecule has 0 atom stereocenters. The van der Waals surface area contributed by atoms with Gasteiger partial charge in [-0.15, -0.1) is 0 Å². The first-order valence-corrected chi connectivity index (χ1v) is 7.00. The van der Waals surface area contributed by atoms with Crippen molar-refractivity contribution in [2.75, 3.05) is 0 Å². The van der Waals surface area contributed by atoms with Crippen molar-refractivity contribution in [1.29, 1.82) is 0 Å². The second kappa shape index (κ2) is 4.86. The SMILES string of the molecule is C=C1C=C(c2cc3cccn3cn2)Oc2ccc(CO)cc21. The molecule has 0 aliphatic carbocycles. The Morgan fingerprint density at radius 2 is 2.14 bits per heavy atom. The molecule has 1 aliphatic rings. The molecule has 4 rings (SSSR count). The number of aromatic nitrogens is 2. The number of hydrogen-bond donors (Lipinski definition) is 1. The van der Waals surface area contributed by atoms with Gasteiger partial charge in [0.1, 0.15) is 11.4 Å². The lowest BCUT2D eigenvalue weighted by Gasteiger charge is -2.20. The molecule has 1 aliphatic heterocycles. The van der Waals surface area contributed by atoms with Crippen LogP contribution < -0.4 is 4.74 Å². The van der Waals surface area contributed by atoms with Crippen molar-refractivity contribution in [3.8, 4) is 5.75 Å². The number of benzene rings is 1. The number of aliphatic hydroxyl groups excluding tert-OH is 1. The molecule has 0 saturated heterocycles. The van der Waals surface area contributed by atoms with Crippen LogP contribution >= 0.6 is 0 Å². The van der Waals surface area contributed by atoms with Crippen LogP contribution in [0.5, 0.6) is 5.75 Å². The minimum atomic E-state index is 0.00354. The molecule has 4 nitrogen and oxygen atoms in total. The molecule has 3 heterocycles. The average Bonchev–Trinajstić information content (AvgIpc) is 3.02. The van der Waals surface area contributed by atoms with Crippen LogP contribution in [0.25, 0.3) is 16.8 Å². The minimum Gasteiger partial charge on any atom is -0.454 e. The molecule has 0 amide bonds. The van der Waals surface area contributed by atoms with E-state index < -0.39 is 0 Å². The van der Waals surface area contributed by atoms with Gasteiger partial charge >= 0.3 is 0 Å². The third-order valence-electron chi connectivity index (χ3n) is 3.77. The fourth-order valence-corrected chi connectivity index (χ4v) is 2.60. The van der Waals surface area contributed by atoms with Crippen molar-refractivity contribution in [2.45, 2.75) is 6.61 Å². The summed E-state index contributed by atoms with van der Waals surface area (Å²) in [4.78, 5) is 4.43. The summed E-state index contributed by atoms with van der Waals surface area (Å²) in [7, 11) is 0. The van der Waals surface area contributed by atoms with Gasteiger partial charge < -0.3 is 14.2 Å². The van der Waals surface area contributed by atoms with Gasteiger partial charge in [0.15, 0.2) is 5.76 Å². The Balaban J connectivity index is 1.76. The number of allylic oxidation sites excluding steroid dienone is 2. The quantitative estimate of drug-likeness (QED) is 0.788. The summed E-state index contributed by atoms with van der Waals surface area (Å²) in [5.41, 5.74) is 4.42. The van der Waals surface area contributed by atoms with Gasteiger partial charge in [-0.1, -0.05) is 12.6 Å². The van der Waals surface area contributed by atoms with Gasteiger partial charge in [-0.3, -0.25) is 0 Å². The smallest absolute Gasteiger partial charge is 0.153 e. The molecule has 22 heavy (non-hydrogen) atoms. The molecule has 108 valence electrons. The van der Waals surface area contributed by atoms with Crippen LogP contribution in [0.2, 0.25) is 0 Å². The fraction of sp³-hybridized carbons (Fsp3) is 0.0556. The third-order valence-corrected chi connectivity index (χ3v) is 3.77. The van der Waals surface area contributed by atoms with Crippen LogP contribution in [-0.4, -0.2) is 14.5 Å². The first-order valence-electron chi connectivity index (χ1n) is 7.00. The van der Waals surface area contributed by atoms with Crippen LogP contribution in [-0.2, 0) is 6.61 Å². The first-order chi connectivity index (χ1) is 10.7. The minimum absolute atomic E-state index is 0.00354. The van der Waals surface area contributed by atoms with Crippen LogP contribution in [0, 0.1) is 0 Å². The van der Waals surface area contributed by atoms with E-state index in [1.54, 1.807) is 6.33 Å². The van der Waals surface area contributed by atoms with E-state index in [4.69, 9.17) is 4.74 Å². The van der Waals surface area contributed by atoms with E-state index in [0.29, 0.717) is 5.76 Å². The molecule has 3 aromatic rings. The number of fused-ring (bicyclic) bond motifs is 2. The molecule has 0 radical (unpaired) electrons. The molecular weight excluding hydrogens is 276 g/mol. The maximum absolute atomic E-state index is 9.24. The van der Waals surface area contributed by atoms with Crippen molar-refractivity contribution in [3.05, 3.63) is 78.4 Å². The molecule has 0 unspecified atom stereocenters.